The molecule has 0 unspecified atom stereocenters. The zero-order valence-electron chi connectivity index (χ0n) is 3.16. The number of hydrogen-bond donors (Lipinski definition) is 0. The summed E-state index contributed by atoms with van der Waals surface area (Å²) in [5, 5.41) is 0. The molecule has 0 saturated heterocycles. The van der Waals surface area contributed by atoms with E-state index in [1.54, 1.807) is 0 Å². The Kier molecular flexibility index (Phi) is 1470. The molecule has 0 aromatic rings. The summed E-state index contributed by atoms with van der Waals surface area (Å²) >= 11 is 0. The van der Waals surface area contributed by atoms with Gasteiger partial charge in [0.25, 0.3) is 0 Å². The quantitative estimate of drug-likeness (QED) is 0.417. The monoisotopic (exact) mass is 312 g/mol. The van der Waals surface area contributed by atoms with Crippen LogP contribution in [0, 0.1) is 0 Å². The van der Waals surface area contributed by atoms with Crippen LogP contribution < -0.4 is 74.4 Å². The Bertz CT molecular complexity index is 6.49. The average molecular weight is 315 g/mol. The molecule has 0 amide bonds. The van der Waals surface area contributed by atoms with Crippen LogP contribution in [-0.2, 0) is 37.1 Å². The second-order valence-electron chi connectivity index (χ2n) is 0. The molecule has 0 aromatic heterocycles. The van der Waals surface area contributed by atoms with Crippen LogP contribution in [-0.4, -0.2) is 0 Å². The van der Waals surface area contributed by atoms with E-state index in [2.05, 4.69) is 0 Å². The van der Waals surface area contributed by atoms with Crippen molar-refractivity contribution in [3.8, 4) is 0 Å². The van der Waals surface area contributed by atoms with Gasteiger partial charge >= 0.3 is 0 Å². The molecule has 0 spiro atoms. The van der Waals surface area contributed by atoms with Crippen molar-refractivity contribution >= 4 is 0 Å². The Morgan fingerprint density at radius 1 is 0.250 bits per heavy atom. The molecule has 0 bridgehead atoms. The molecule has 8 heavy (non-hydrogen) atoms. The zero-order chi connectivity index (χ0) is 0. The summed E-state index contributed by atoms with van der Waals surface area (Å²) in [4.78, 5) is 0. The molecule has 0 aliphatic rings. The van der Waals surface area contributed by atoms with Crippen LogP contribution in [0.2, 0.25) is 0 Å². The first-order chi connectivity index (χ1) is 0. The minimum atomic E-state index is 0. The first kappa shape index (κ1) is 127. The van der Waals surface area contributed by atoms with E-state index in [0.717, 1.165) is 0 Å². The molecule has 0 N–H and O–H groups in total. The van der Waals surface area contributed by atoms with Gasteiger partial charge in [-0.15, -0.1) is 0 Å². The number of hydrogen-bond acceptors (Lipinski definition) is 0. The van der Waals surface area contributed by atoms with E-state index in [1.807, 2.05) is 0 Å². The van der Waals surface area contributed by atoms with Crippen LogP contribution in [0.1, 0.15) is 0 Å². The van der Waals surface area contributed by atoms with Crippen LogP contribution in [0.25, 0.3) is 0 Å². The van der Waals surface area contributed by atoms with Gasteiger partial charge in [-0.3, -0.25) is 0 Å². The van der Waals surface area contributed by atoms with Crippen LogP contribution in [0.15, 0.2) is 0 Å². The van der Waals surface area contributed by atoms with Crippen LogP contribution in [0.4, 0.5) is 0 Å². The van der Waals surface area contributed by atoms with Gasteiger partial charge in [0.1, 0.15) is 0 Å². The van der Waals surface area contributed by atoms with Gasteiger partial charge in [0.2, 0.25) is 0 Å². The molecule has 0 aromatic carbocycles. The third-order valence-electron chi connectivity index (χ3n) is 0. The van der Waals surface area contributed by atoms with E-state index in [9.17, 15) is 0 Å². The summed E-state index contributed by atoms with van der Waals surface area (Å²) < 4.78 is 0. The summed E-state index contributed by atoms with van der Waals surface area (Å²) in [6, 6.07) is 0. The van der Waals surface area contributed by atoms with Gasteiger partial charge < -0.3 is 74.4 Å². The van der Waals surface area contributed by atoms with Gasteiger partial charge in [-0.05, 0) is 0 Å². The maximum atomic E-state index is 0. The normalized spacial score (nSPS) is 0. The summed E-state index contributed by atoms with van der Waals surface area (Å²) in [5.41, 5.74) is 0. The van der Waals surface area contributed by atoms with Crippen molar-refractivity contribution < 1.29 is 112 Å². The minimum absolute atomic E-state index is 0. The molecule has 2 radical (unpaired) electrons. The van der Waals surface area contributed by atoms with Gasteiger partial charge in [-0.25, -0.2) is 0 Å². The van der Waals surface area contributed by atoms with Gasteiger partial charge in [-0.2, -0.15) is 0 Å². The van der Waals surface area contributed by atoms with Gasteiger partial charge in [0, 0.05) is 37.1 Å². The van der Waals surface area contributed by atoms with E-state index in [0.29, 0.717) is 0 Å². The van der Waals surface area contributed by atoms with Crippen molar-refractivity contribution in [1.29, 1.82) is 0 Å². The molecule has 0 saturated carbocycles. The molecule has 0 atom stereocenters. The van der Waals surface area contributed by atoms with E-state index < -0.39 is 0 Å². The second-order valence-corrected chi connectivity index (χ2v) is 0. The van der Waals surface area contributed by atoms with Crippen LogP contribution in [0.5, 0.6) is 0 Å². The molecule has 8 heteroatoms. The van der Waals surface area contributed by atoms with Crippen molar-refractivity contribution in [2.75, 3.05) is 0 Å². The smallest absolute Gasteiger partial charge is 0 e. The predicted octanol–water partition coefficient (Wildman–Crippen LogP) is -18.0. The zero-order valence-corrected chi connectivity index (χ0v) is 10.5. The molecule has 0 rings (SSSR count). The van der Waals surface area contributed by atoms with Crippen molar-refractivity contribution in [2.24, 2.45) is 0 Å². The third kappa shape index (κ3) is 65.9. The Morgan fingerprint density at radius 3 is 0.250 bits per heavy atom. The first-order valence-electron chi connectivity index (χ1n) is 0. The fourth-order valence-corrected chi connectivity index (χ4v) is 0. The van der Waals surface area contributed by atoms with Crippen molar-refractivity contribution in [1.82, 2.24) is 0 Å². The molecular formula is Cl6V2-6. The van der Waals surface area contributed by atoms with Gasteiger partial charge in [-0.1, -0.05) is 0 Å². The van der Waals surface area contributed by atoms with Gasteiger partial charge in [0.05, 0.1) is 0 Å². The molecule has 0 aliphatic heterocycles. The number of halogens is 6. The van der Waals surface area contributed by atoms with E-state index in [-0.39, 0.29) is 112 Å². The first-order valence-corrected chi connectivity index (χ1v) is 0. The largest absolute Gasteiger partial charge is 1.00 e. The summed E-state index contributed by atoms with van der Waals surface area (Å²) in [6.07, 6.45) is 0. The van der Waals surface area contributed by atoms with E-state index in [1.165, 1.54) is 0 Å². The van der Waals surface area contributed by atoms with Crippen LogP contribution in [0.3, 0.4) is 0 Å². The molecule has 0 nitrogen and oxygen atoms in total. The SMILES string of the molecule is [Cl-].[Cl-].[Cl-].[Cl-].[Cl-].[Cl-].[V].[V]. The minimum Gasteiger partial charge on any atom is -1.00 e. The van der Waals surface area contributed by atoms with Crippen molar-refractivity contribution in [3.63, 3.8) is 0 Å². The molecule has 0 heterocycles. The predicted molar refractivity (Wildman–Crippen MR) is 0 cm³/mol. The van der Waals surface area contributed by atoms with Crippen LogP contribution >= 0.6 is 0 Å². The standard InChI is InChI=1S/6ClH.2V/h6*1H;;/p-6. The molecular weight excluding hydrogens is 315 g/mol. The Labute approximate surface area is 110 Å². The average Bonchev–Trinajstić information content (AvgIpc) is 0. The maximum absolute atomic E-state index is 0. The third-order valence-corrected chi connectivity index (χ3v) is 0. The Morgan fingerprint density at radius 2 is 0.250 bits per heavy atom. The summed E-state index contributed by atoms with van der Waals surface area (Å²) in [5.74, 6) is 0. The van der Waals surface area contributed by atoms with Gasteiger partial charge in [0.15, 0.2) is 0 Å². The van der Waals surface area contributed by atoms with Crippen molar-refractivity contribution in [2.45, 2.75) is 0 Å². The molecule has 0 fully saturated rings. The Balaban J connectivity index is 0. The summed E-state index contributed by atoms with van der Waals surface area (Å²) in [7, 11) is 0. The fraction of sp³-hybridized carbons (Fsp3) is 0. The maximum Gasteiger partial charge on any atom is 0 e. The fourth-order valence-electron chi connectivity index (χ4n) is 0. The number of rotatable bonds is 0. The topological polar surface area (TPSA) is 0 Å². The van der Waals surface area contributed by atoms with E-state index >= 15 is 0 Å². The Hall–Kier alpha value is 2.91. The molecule has 0 aliphatic carbocycles. The summed E-state index contributed by atoms with van der Waals surface area (Å²) in [6.45, 7) is 0. The van der Waals surface area contributed by atoms with Crippen molar-refractivity contribution in [3.05, 3.63) is 0 Å². The van der Waals surface area contributed by atoms with E-state index in [4.69, 9.17) is 0 Å². The second kappa shape index (κ2) is 92.9. The molecule has 58 valence electrons.